The van der Waals surface area contributed by atoms with E-state index < -0.39 is 0 Å². The summed E-state index contributed by atoms with van der Waals surface area (Å²) < 4.78 is 5.39. The molecule has 0 saturated carbocycles. The van der Waals surface area contributed by atoms with E-state index in [1.807, 2.05) is 13.0 Å². The molecule has 2 atom stereocenters. The number of nitrogens with zero attached hydrogens (tertiary/aromatic N) is 1. The number of benzene rings is 1. The second kappa shape index (κ2) is 5.69. The fraction of sp³-hybridized carbons (Fsp3) is 0.526. The van der Waals surface area contributed by atoms with Crippen LogP contribution < -0.4 is 10.9 Å². The number of fused-ring (bicyclic) bond motifs is 2. The Bertz CT molecular complexity index is 844. The highest BCUT2D eigenvalue weighted by atomic mass is 16.4. The maximum Gasteiger partial charge on any atom is 0.336 e. The van der Waals surface area contributed by atoms with Crippen molar-refractivity contribution in [3.05, 3.63) is 45.3 Å². The third kappa shape index (κ3) is 2.48. The summed E-state index contributed by atoms with van der Waals surface area (Å²) in [5, 5.41) is 14.3. The molecular formula is C19H24N2O3. The minimum absolute atomic E-state index is 0.0260. The van der Waals surface area contributed by atoms with Gasteiger partial charge in [0.25, 0.3) is 0 Å². The van der Waals surface area contributed by atoms with Gasteiger partial charge in [0, 0.05) is 43.0 Å². The Morgan fingerprint density at radius 1 is 1.33 bits per heavy atom. The number of nitrogens with one attached hydrogen (secondary N) is 1. The molecule has 0 bridgehead atoms. The largest absolute Gasteiger partial charge is 0.423 e. The van der Waals surface area contributed by atoms with Crippen LogP contribution in [0.3, 0.4) is 0 Å². The topological polar surface area (TPSA) is 65.7 Å². The number of likely N-dealkylation sites (tertiary alicyclic amines) is 1. The van der Waals surface area contributed by atoms with Gasteiger partial charge in [-0.2, -0.15) is 0 Å². The summed E-state index contributed by atoms with van der Waals surface area (Å²) in [6.07, 6.45) is 0. The Labute approximate surface area is 141 Å². The first kappa shape index (κ1) is 15.8. The number of hydrogen-bond acceptors (Lipinski definition) is 5. The van der Waals surface area contributed by atoms with E-state index in [1.165, 1.54) is 5.56 Å². The SMILES string of the molecule is Cc1cc2oc(=O)cc(CN3C[C@@H]4CNC[C@]4(CO)C3)c2cc1C. The fourth-order valence-corrected chi connectivity index (χ4v) is 4.33. The quantitative estimate of drug-likeness (QED) is 0.835. The third-order valence-electron chi connectivity index (χ3n) is 5.90. The van der Waals surface area contributed by atoms with Crippen molar-refractivity contribution in [2.75, 3.05) is 32.8 Å². The summed E-state index contributed by atoms with van der Waals surface area (Å²) in [6, 6.07) is 5.69. The molecule has 0 amide bonds. The van der Waals surface area contributed by atoms with Crippen molar-refractivity contribution in [1.29, 1.82) is 0 Å². The lowest BCUT2D eigenvalue weighted by Gasteiger charge is -2.25. The second-order valence-corrected chi connectivity index (χ2v) is 7.54. The summed E-state index contributed by atoms with van der Waals surface area (Å²) in [7, 11) is 0. The Hall–Kier alpha value is -1.69. The summed E-state index contributed by atoms with van der Waals surface area (Å²) in [5.74, 6) is 0.484. The zero-order chi connectivity index (χ0) is 16.9. The highest BCUT2D eigenvalue weighted by Crippen LogP contribution is 2.39. The van der Waals surface area contributed by atoms with Gasteiger partial charge < -0.3 is 14.8 Å². The van der Waals surface area contributed by atoms with Crippen LogP contribution in [0.4, 0.5) is 0 Å². The smallest absolute Gasteiger partial charge is 0.336 e. The van der Waals surface area contributed by atoms with Crippen LogP contribution in [0.2, 0.25) is 0 Å². The van der Waals surface area contributed by atoms with E-state index in [-0.39, 0.29) is 17.6 Å². The molecule has 2 aliphatic heterocycles. The lowest BCUT2D eigenvalue weighted by Crippen LogP contribution is -2.35. The van der Waals surface area contributed by atoms with Gasteiger partial charge in [-0.05, 0) is 55.1 Å². The Morgan fingerprint density at radius 3 is 2.88 bits per heavy atom. The molecule has 1 aromatic heterocycles. The van der Waals surface area contributed by atoms with Crippen molar-refractivity contribution in [3.8, 4) is 0 Å². The van der Waals surface area contributed by atoms with Crippen LogP contribution in [0.25, 0.3) is 11.0 Å². The van der Waals surface area contributed by atoms with Crippen LogP contribution in [0.15, 0.2) is 27.4 Å². The van der Waals surface area contributed by atoms with Crippen LogP contribution >= 0.6 is 0 Å². The summed E-state index contributed by atoms with van der Waals surface area (Å²) in [6.45, 7) is 8.72. The standard InChI is InChI=1S/C19H24N2O3/c1-12-3-16-14(5-18(23)24-17(16)4-13(12)2)7-21-8-15-6-20-9-19(15,10-21)11-22/h3-5,15,20,22H,6-11H2,1-2H3/t15-,19+/m0/s1. The second-order valence-electron chi connectivity index (χ2n) is 7.54. The zero-order valence-corrected chi connectivity index (χ0v) is 14.3. The molecule has 0 radical (unpaired) electrons. The van der Waals surface area contributed by atoms with Crippen molar-refractivity contribution in [3.63, 3.8) is 0 Å². The van der Waals surface area contributed by atoms with Crippen molar-refractivity contribution in [2.24, 2.45) is 11.3 Å². The van der Waals surface area contributed by atoms with Crippen LogP contribution in [-0.2, 0) is 6.54 Å². The van der Waals surface area contributed by atoms with Gasteiger partial charge in [0.05, 0.1) is 6.61 Å². The van der Waals surface area contributed by atoms with Gasteiger partial charge >= 0.3 is 5.63 Å². The van der Waals surface area contributed by atoms with Gasteiger partial charge in [0.2, 0.25) is 0 Å². The molecule has 3 heterocycles. The molecule has 2 N–H and O–H groups in total. The highest BCUT2D eigenvalue weighted by molar-refractivity contribution is 5.81. The number of hydrogen-bond donors (Lipinski definition) is 2. The molecule has 2 aromatic rings. The molecule has 128 valence electrons. The van der Waals surface area contributed by atoms with Gasteiger partial charge in [0.1, 0.15) is 5.58 Å². The molecule has 4 rings (SSSR count). The van der Waals surface area contributed by atoms with Crippen LogP contribution in [0.5, 0.6) is 0 Å². The minimum atomic E-state index is -0.293. The highest BCUT2D eigenvalue weighted by Gasteiger charge is 2.49. The molecule has 2 saturated heterocycles. The van der Waals surface area contributed by atoms with Gasteiger partial charge in [-0.15, -0.1) is 0 Å². The van der Waals surface area contributed by atoms with Gasteiger partial charge in [-0.3, -0.25) is 4.90 Å². The van der Waals surface area contributed by atoms with E-state index >= 15 is 0 Å². The number of aliphatic hydroxyl groups is 1. The first-order valence-electron chi connectivity index (χ1n) is 8.59. The third-order valence-corrected chi connectivity index (χ3v) is 5.90. The molecule has 5 nitrogen and oxygen atoms in total. The Balaban J connectivity index is 1.68. The molecular weight excluding hydrogens is 304 g/mol. The predicted octanol–water partition coefficient (Wildman–Crippen LogP) is 1.42. The summed E-state index contributed by atoms with van der Waals surface area (Å²) >= 11 is 0. The summed E-state index contributed by atoms with van der Waals surface area (Å²) in [4.78, 5) is 14.3. The maximum atomic E-state index is 12.0. The molecule has 24 heavy (non-hydrogen) atoms. The van der Waals surface area contributed by atoms with E-state index in [0.29, 0.717) is 11.5 Å². The van der Waals surface area contributed by atoms with Crippen LogP contribution in [0.1, 0.15) is 16.7 Å². The van der Waals surface area contributed by atoms with Crippen molar-refractivity contribution in [2.45, 2.75) is 20.4 Å². The van der Waals surface area contributed by atoms with E-state index in [1.54, 1.807) is 6.07 Å². The Morgan fingerprint density at radius 2 is 2.12 bits per heavy atom. The molecule has 2 aliphatic rings. The number of aliphatic hydroxyl groups excluding tert-OH is 1. The molecule has 0 spiro atoms. The average Bonchev–Trinajstić information content (AvgIpc) is 3.06. The molecule has 2 fully saturated rings. The lowest BCUT2D eigenvalue weighted by molar-refractivity contribution is 0.124. The van der Waals surface area contributed by atoms with Gasteiger partial charge in [0.15, 0.2) is 0 Å². The fourth-order valence-electron chi connectivity index (χ4n) is 4.33. The minimum Gasteiger partial charge on any atom is -0.423 e. The molecule has 0 aliphatic carbocycles. The van der Waals surface area contributed by atoms with Crippen molar-refractivity contribution < 1.29 is 9.52 Å². The molecule has 1 aromatic carbocycles. The van der Waals surface area contributed by atoms with E-state index in [4.69, 9.17) is 4.42 Å². The van der Waals surface area contributed by atoms with Gasteiger partial charge in [-0.25, -0.2) is 4.79 Å². The summed E-state index contributed by atoms with van der Waals surface area (Å²) in [5.41, 5.74) is 3.69. The molecule has 5 heteroatoms. The number of aryl methyl sites for hydroxylation is 2. The maximum absolute atomic E-state index is 12.0. The monoisotopic (exact) mass is 328 g/mol. The van der Waals surface area contributed by atoms with Crippen molar-refractivity contribution in [1.82, 2.24) is 10.2 Å². The first-order valence-corrected chi connectivity index (χ1v) is 8.59. The van der Waals surface area contributed by atoms with E-state index in [2.05, 4.69) is 23.2 Å². The predicted molar refractivity (Wildman–Crippen MR) is 93.1 cm³/mol. The first-order chi connectivity index (χ1) is 11.5. The Kier molecular flexibility index (Phi) is 3.75. The molecule has 0 unspecified atom stereocenters. The van der Waals surface area contributed by atoms with E-state index in [9.17, 15) is 9.90 Å². The lowest BCUT2D eigenvalue weighted by atomic mass is 9.82. The normalized spacial score (nSPS) is 27.0. The zero-order valence-electron chi connectivity index (χ0n) is 14.3. The van der Waals surface area contributed by atoms with Crippen LogP contribution in [-0.4, -0.2) is 42.8 Å². The average molecular weight is 328 g/mol. The van der Waals surface area contributed by atoms with Crippen LogP contribution in [0, 0.1) is 25.2 Å². The van der Waals surface area contributed by atoms with Gasteiger partial charge in [-0.1, -0.05) is 0 Å². The number of rotatable bonds is 3. The van der Waals surface area contributed by atoms with Crippen molar-refractivity contribution >= 4 is 11.0 Å². The van der Waals surface area contributed by atoms with E-state index in [0.717, 1.165) is 49.2 Å².